The summed E-state index contributed by atoms with van der Waals surface area (Å²) in [6.07, 6.45) is 7.55. The van der Waals surface area contributed by atoms with Crippen molar-refractivity contribution in [2.75, 3.05) is 32.8 Å². The summed E-state index contributed by atoms with van der Waals surface area (Å²) in [5.41, 5.74) is 0.0896. The lowest BCUT2D eigenvalue weighted by Gasteiger charge is -2.57. The van der Waals surface area contributed by atoms with Crippen LogP contribution in [-0.4, -0.2) is 61.3 Å². The Morgan fingerprint density at radius 1 is 1.12 bits per heavy atom. The number of quaternary nitrogens is 1. The van der Waals surface area contributed by atoms with Crippen molar-refractivity contribution in [2.45, 2.75) is 64.0 Å². The minimum absolute atomic E-state index is 0.0487. The highest BCUT2D eigenvalue weighted by Crippen LogP contribution is 2.55. The van der Waals surface area contributed by atoms with Crippen LogP contribution in [0.4, 0.5) is 4.79 Å². The van der Waals surface area contributed by atoms with Gasteiger partial charge in [0.25, 0.3) is 5.91 Å². The number of hydrogen-bond donors (Lipinski definition) is 2. The Labute approximate surface area is 156 Å². The van der Waals surface area contributed by atoms with Gasteiger partial charge in [0, 0.05) is 5.54 Å². The van der Waals surface area contributed by atoms with Gasteiger partial charge in [-0.15, -0.1) is 0 Å². The molecule has 6 heteroatoms. The number of rotatable bonds is 4. The summed E-state index contributed by atoms with van der Waals surface area (Å²) in [6, 6.07) is -0.0487. The molecule has 6 nitrogen and oxygen atoms in total. The molecule has 0 aromatic carbocycles. The van der Waals surface area contributed by atoms with Crippen LogP contribution in [0.15, 0.2) is 0 Å². The van der Waals surface area contributed by atoms with Crippen LogP contribution < -0.4 is 10.2 Å². The molecule has 0 aromatic heterocycles. The smallest absolute Gasteiger partial charge is 0.410 e. The Balaban J connectivity index is 1.31. The Morgan fingerprint density at radius 3 is 2.15 bits per heavy atom. The molecular formula is C20H34N3O3+. The van der Waals surface area contributed by atoms with Crippen LogP contribution in [0, 0.1) is 17.8 Å². The predicted molar refractivity (Wildman–Crippen MR) is 97.8 cm³/mol. The molecule has 5 rings (SSSR count). The molecule has 0 radical (unpaired) electrons. The van der Waals surface area contributed by atoms with E-state index in [-0.39, 0.29) is 23.6 Å². The molecule has 5 aliphatic rings. The van der Waals surface area contributed by atoms with Gasteiger partial charge < -0.3 is 15.0 Å². The summed E-state index contributed by atoms with van der Waals surface area (Å²) in [7, 11) is 0. The number of piperazine rings is 1. The van der Waals surface area contributed by atoms with Gasteiger partial charge in [-0.05, 0) is 70.1 Å². The number of nitrogens with zero attached hydrogens (tertiary/aromatic N) is 1. The standard InChI is InChI=1S/C20H33N3O3/c1-3-26-19(25)23-6-4-22(5-7-23)14(2)18(24)21-20-11-15-8-16(12-20)10-17(9-15)13-20/h14-17H,3-13H2,1-2H3,(H,21,24)/p+1/t14-,15?,16?,17?,20?/m1/s1. The van der Waals surface area contributed by atoms with E-state index in [0.717, 1.165) is 30.8 Å². The van der Waals surface area contributed by atoms with Gasteiger partial charge >= 0.3 is 6.09 Å². The second kappa shape index (κ2) is 7.02. The zero-order valence-electron chi connectivity index (χ0n) is 16.3. The number of amides is 2. The fourth-order valence-corrected chi connectivity index (χ4v) is 6.44. The lowest BCUT2D eigenvalue weighted by molar-refractivity contribution is -0.918. The molecule has 1 heterocycles. The van der Waals surface area contributed by atoms with Gasteiger partial charge in [0.15, 0.2) is 6.04 Å². The van der Waals surface area contributed by atoms with Gasteiger partial charge in [-0.3, -0.25) is 9.69 Å². The van der Waals surface area contributed by atoms with Gasteiger partial charge in [-0.2, -0.15) is 0 Å². The van der Waals surface area contributed by atoms with Crippen molar-refractivity contribution in [3.8, 4) is 0 Å². The molecule has 0 unspecified atom stereocenters. The van der Waals surface area contributed by atoms with Crippen LogP contribution in [-0.2, 0) is 9.53 Å². The van der Waals surface area contributed by atoms with E-state index >= 15 is 0 Å². The zero-order chi connectivity index (χ0) is 18.3. The lowest BCUT2D eigenvalue weighted by Crippen LogP contribution is -3.19. The van der Waals surface area contributed by atoms with Crippen LogP contribution in [0.3, 0.4) is 0 Å². The molecule has 0 aromatic rings. The predicted octanol–water partition coefficient (Wildman–Crippen LogP) is 0.817. The normalized spacial score (nSPS) is 37.5. The Kier molecular flexibility index (Phi) is 4.88. The van der Waals surface area contributed by atoms with Crippen LogP contribution >= 0.6 is 0 Å². The first-order valence-electron chi connectivity index (χ1n) is 10.6. The third-order valence-corrected chi connectivity index (χ3v) is 7.36. The molecule has 4 saturated carbocycles. The second-order valence-electron chi connectivity index (χ2n) is 9.25. The minimum Gasteiger partial charge on any atom is -0.450 e. The van der Waals surface area contributed by atoms with Gasteiger partial charge in [0.2, 0.25) is 0 Å². The fourth-order valence-electron chi connectivity index (χ4n) is 6.44. The summed E-state index contributed by atoms with van der Waals surface area (Å²) in [5, 5.41) is 3.51. The van der Waals surface area contributed by atoms with Gasteiger partial charge in [0.1, 0.15) is 0 Å². The molecule has 26 heavy (non-hydrogen) atoms. The maximum atomic E-state index is 13.0. The molecule has 2 amide bonds. The second-order valence-corrected chi connectivity index (χ2v) is 9.25. The van der Waals surface area contributed by atoms with Gasteiger partial charge in [-0.25, -0.2) is 4.79 Å². The topological polar surface area (TPSA) is 63.1 Å². The quantitative estimate of drug-likeness (QED) is 0.776. The third-order valence-electron chi connectivity index (χ3n) is 7.36. The largest absolute Gasteiger partial charge is 0.450 e. The van der Waals surface area contributed by atoms with E-state index in [1.807, 2.05) is 13.8 Å². The summed E-state index contributed by atoms with van der Waals surface area (Å²) >= 11 is 0. The number of nitrogens with one attached hydrogen (secondary N) is 2. The molecule has 1 atom stereocenters. The third kappa shape index (κ3) is 3.45. The summed E-state index contributed by atoms with van der Waals surface area (Å²) in [6.45, 7) is 7.26. The van der Waals surface area contributed by atoms with Crippen molar-refractivity contribution < 1.29 is 19.2 Å². The van der Waals surface area contributed by atoms with Crippen molar-refractivity contribution in [1.82, 2.24) is 10.2 Å². The number of ether oxygens (including phenoxy) is 1. The number of hydrogen-bond acceptors (Lipinski definition) is 3. The van der Waals surface area contributed by atoms with E-state index in [1.54, 1.807) is 4.90 Å². The highest BCUT2D eigenvalue weighted by atomic mass is 16.6. The minimum atomic E-state index is -0.225. The Morgan fingerprint density at radius 2 is 1.65 bits per heavy atom. The van der Waals surface area contributed by atoms with Crippen molar-refractivity contribution in [3.63, 3.8) is 0 Å². The summed E-state index contributed by atoms with van der Waals surface area (Å²) < 4.78 is 5.08. The van der Waals surface area contributed by atoms with Gasteiger partial charge in [0.05, 0.1) is 32.8 Å². The average Bonchev–Trinajstić information content (AvgIpc) is 2.60. The number of carbonyl (C=O) groups excluding carboxylic acids is 2. The Hall–Kier alpha value is -1.30. The molecular weight excluding hydrogens is 330 g/mol. The molecule has 5 fully saturated rings. The van der Waals surface area contributed by atoms with E-state index in [4.69, 9.17) is 4.74 Å². The number of carbonyl (C=O) groups is 2. The monoisotopic (exact) mass is 364 g/mol. The SMILES string of the molecule is CCOC(=O)N1CC[NH+]([C@H](C)C(=O)NC23CC4CC(CC(C4)C2)C3)CC1. The zero-order valence-corrected chi connectivity index (χ0v) is 16.3. The highest BCUT2D eigenvalue weighted by molar-refractivity contribution is 5.80. The molecule has 4 bridgehead atoms. The van der Waals surface area contributed by atoms with E-state index in [9.17, 15) is 9.59 Å². The van der Waals surface area contributed by atoms with E-state index in [1.165, 1.54) is 43.4 Å². The van der Waals surface area contributed by atoms with Crippen LogP contribution in [0.2, 0.25) is 0 Å². The maximum absolute atomic E-state index is 13.0. The molecule has 1 saturated heterocycles. The average molecular weight is 365 g/mol. The van der Waals surface area contributed by atoms with Crippen LogP contribution in [0.5, 0.6) is 0 Å². The first-order chi connectivity index (χ1) is 12.5. The van der Waals surface area contributed by atoms with Crippen LogP contribution in [0.25, 0.3) is 0 Å². The van der Waals surface area contributed by atoms with Crippen molar-refractivity contribution in [2.24, 2.45) is 17.8 Å². The molecule has 1 aliphatic heterocycles. The first kappa shape index (κ1) is 18.1. The molecule has 146 valence electrons. The summed E-state index contributed by atoms with van der Waals surface area (Å²) in [5.74, 6) is 2.75. The van der Waals surface area contributed by atoms with E-state index in [2.05, 4.69) is 5.32 Å². The van der Waals surface area contributed by atoms with Crippen molar-refractivity contribution in [3.05, 3.63) is 0 Å². The van der Waals surface area contributed by atoms with Gasteiger partial charge in [-0.1, -0.05) is 0 Å². The maximum Gasteiger partial charge on any atom is 0.410 e. The Bertz CT molecular complexity index is 521. The van der Waals surface area contributed by atoms with Crippen LogP contribution in [0.1, 0.15) is 52.4 Å². The highest BCUT2D eigenvalue weighted by Gasteiger charge is 2.52. The summed E-state index contributed by atoms with van der Waals surface area (Å²) in [4.78, 5) is 27.9. The van der Waals surface area contributed by atoms with E-state index in [0.29, 0.717) is 19.7 Å². The van der Waals surface area contributed by atoms with Crippen molar-refractivity contribution >= 4 is 12.0 Å². The molecule has 2 N–H and O–H groups in total. The lowest BCUT2D eigenvalue weighted by atomic mass is 9.53. The van der Waals surface area contributed by atoms with Crippen molar-refractivity contribution in [1.29, 1.82) is 0 Å². The van der Waals surface area contributed by atoms with E-state index < -0.39 is 0 Å². The molecule has 0 spiro atoms. The molecule has 4 aliphatic carbocycles. The fraction of sp³-hybridized carbons (Fsp3) is 0.900. The first-order valence-corrected chi connectivity index (χ1v) is 10.6.